The van der Waals surface area contributed by atoms with E-state index in [1.807, 2.05) is 6.92 Å². The Balaban J connectivity index is 3.14. The van der Waals surface area contributed by atoms with Gasteiger partial charge < -0.3 is 10.5 Å². The molecule has 0 amide bonds. The molecule has 0 bridgehead atoms. The fourth-order valence-electron chi connectivity index (χ4n) is 0.295. The minimum absolute atomic E-state index is 0.0602. The van der Waals surface area contributed by atoms with E-state index >= 15 is 0 Å². The number of nitrogens with two attached hydrogens (primary N) is 1. The van der Waals surface area contributed by atoms with Crippen LogP contribution in [0.2, 0.25) is 6.55 Å². The van der Waals surface area contributed by atoms with Gasteiger partial charge in [-0.15, -0.1) is 0 Å². The van der Waals surface area contributed by atoms with E-state index in [0.717, 1.165) is 6.42 Å². The molecule has 43 valence electrons. The van der Waals surface area contributed by atoms with Gasteiger partial charge in [-0.3, -0.25) is 0 Å². The van der Waals surface area contributed by atoms with Crippen molar-refractivity contribution in [2.45, 2.75) is 25.6 Å². The van der Waals surface area contributed by atoms with Gasteiger partial charge in [0.1, 0.15) is 0 Å². The lowest BCUT2D eigenvalue weighted by molar-refractivity contribution is 0.549. The average Bonchev–Trinajstić information content (AvgIpc) is 1.65. The second-order valence-corrected chi connectivity index (χ2v) is 3.68. The molecule has 0 aliphatic rings. The fourth-order valence-corrected chi connectivity index (χ4v) is 0.886. The lowest BCUT2D eigenvalue weighted by Gasteiger charge is -2.06. The van der Waals surface area contributed by atoms with Crippen molar-refractivity contribution in [3.63, 3.8) is 0 Å². The molecule has 0 rings (SSSR count). The maximum absolute atomic E-state index is 8.80. The summed E-state index contributed by atoms with van der Waals surface area (Å²) in [5, 5.41) is 0. The van der Waals surface area contributed by atoms with Crippen LogP contribution in [-0.2, 0) is 0 Å². The molecular formula is C4H12NOSi. The van der Waals surface area contributed by atoms with E-state index < -0.39 is 9.04 Å². The van der Waals surface area contributed by atoms with Crippen LogP contribution >= 0.6 is 0 Å². The maximum atomic E-state index is 8.80. The highest BCUT2D eigenvalue weighted by atomic mass is 28.3. The molecular weight excluding hydrogens is 106 g/mol. The summed E-state index contributed by atoms with van der Waals surface area (Å²) in [6, 6.07) is 0. The molecule has 0 fully saturated rings. The third-order valence-electron chi connectivity index (χ3n) is 0.976. The van der Waals surface area contributed by atoms with Gasteiger partial charge in [0.15, 0.2) is 0 Å². The lowest BCUT2D eigenvalue weighted by Crippen LogP contribution is -2.35. The topological polar surface area (TPSA) is 46.2 Å². The van der Waals surface area contributed by atoms with Crippen LogP contribution in [0, 0.1) is 0 Å². The largest absolute Gasteiger partial charge is 0.430 e. The zero-order chi connectivity index (χ0) is 5.86. The highest BCUT2D eigenvalue weighted by Crippen LogP contribution is 1.87. The zero-order valence-electron chi connectivity index (χ0n) is 4.81. The first kappa shape index (κ1) is 7.14. The number of hydrogen-bond acceptors (Lipinski definition) is 2. The molecule has 3 N–H and O–H groups in total. The quantitative estimate of drug-likeness (QED) is 0.496. The molecule has 0 spiro atoms. The first-order valence-corrected chi connectivity index (χ1v) is 4.49. The van der Waals surface area contributed by atoms with E-state index in [9.17, 15) is 0 Å². The molecule has 0 aliphatic carbocycles. The van der Waals surface area contributed by atoms with Crippen LogP contribution in [0.5, 0.6) is 0 Å². The smallest absolute Gasteiger partial charge is 0.221 e. The normalized spacial score (nSPS) is 15.0. The fraction of sp³-hybridized carbons (Fsp3) is 1.00. The molecule has 0 aromatic heterocycles. The van der Waals surface area contributed by atoms with Crippen molar-refractivity contribution in [3.8, 4) is 0 Å². The van der Waals surface area contributed by atoms with Crippen LogP contribution in [0.15, 0.2) is 0 Å². The summed E-state index contributed by atoms with van der Waals surface area (Å²) < 4.78 is 0. The van der Waals surface area contributed by atoms with Crippen molar-refractivity contribution in [2.75, 3.05) is 0 Å². The Kier molecular flexibility index (Phi) is 3.24. The van der Waals surface area contributed by atoms with Gasteiger partial charge in [-0.25, -0.2) is 0 Å². The van der Waals surface area contributed by atoms with Crippen molar-refractivity contribution in [1.29, 1.82) is 0 Å². The Morgan fingerprint density at radius 3 is 2.29 bits per heavy atom. The minimum atomic E-state index is -1.19. The van der Waals surface area contributed by atoms with Gasteiger partial charge in [0, 0.05) is 5.67 Å². The van der Waals surface area contributed by atoms with Gasteiger partial charge in [0.05, 0.1) is 0 Å². The molecule has 0 aliphatic heterocycles. The monoisotopic (exact) mass is 118 g/mol. The van der Waals surface area contributed by atoms with Crippen LogP contribution in [0.4, 0.5) is 0 Å². The molecule has 0 aromatic carbocycles. The average molecular weight is 118 g/mol. The first-order valence-electron chi connectivity index (χ1n) is 2.46. The van der Waals surface area contributed by atoms with E-state index in [-0.39, 0.29) is 5.67 Å². The molecule has 0 saturated heterocycles. The Bertz CT molecular complexity index is 49.0. The second-order valence-electron chi connectivity index (χ2n) is 1.66. The molecule has 1 unspecified atom stereocenters. The summed E-state index contributed by atoms with van der Waals surface area (Å²) in [7, 11) is -1.19. The lowest BCUT2D eigenvalue weighted by atomic mass is 10.5. The van der Waals surface area contributed by atoms with Crippen molar-refractivity contribution in [3.05, 3.63) is 0 Å². The summed E-state index contributed by atoms with van der Waals surface area (Å²) >= 11 is 0. The molecule has 7 heavy (non-hydrogen) atoms. The van der Waals surface area contributed by atoms with E-state index in [2.05, 4.69) is 0 Å². The highest BCUT2D eigenvalue weighted by Gasteiger charge is 2.07. The summed E-state index contributed by atoms with van der Waals surface area (Å²) in [5.41, 5.74) is 5.47. The molecule has 2 nitrogen and oxygen atoms in total. The highest BCUT2D eigenvalue weighted by molar-refractivity contribution is 6.50. The molecule has 0 aromatic rings. The standard InChI is InChI=1S/C4H12NOSi/c1-3-4(5)7(2)6/h4,6H,3,5H2,1-2H3. The van der Waals surface area contributed by atoms with E-state index in [1.165, 1.54) is 0 Å². The Hall–Kier alpha value is 0.137. The van der Waals surface area contributed by atoms with Crippen LogP contribution in [0.25, 0.3) is 0 Å². The van der Waals surface area contributed by atoms with Crippen molar-refractivity contribution >= 4 is 9.04 Å². The number of hydrogen-bond donors (Lipinski definition) is 2. The van der Waals surface area contributed by atoms with Gasteiger partial charge >= 0.3 is 0 Å². The van der Waals surface area contributed by atoms with Gasteiger partial charge in [-0.05, 0) is 13.0 Å². The predicted octanol–water partition coefficient (Wildman–Crippen LogP) is -0.123. The summed E-state index contributed by atoms with van der Waals surface area (Å²) in [6.07, 6.45) is 0.890. The molecule has 0 heterocycles. The summed E-state index contributed by atoms with van der Waals surface area (Å²) in [4.78, 5) is 8.80. The van der Waals surface area contributed by atoms with Crippen molar-refractivity contribution < 1.29 is 4.80 Å². The minimum Gasteiger partial charge on any atom is -0.430 e. The third-order valence-corrected chi connectivity index (χ3v) is 2.46. The number of rotatable bonds is 2. The summed E-state index contributed by atoms with van der Waals surface area (Å²) in [6.45, 7) is 3.79. The van der Waals surface area contributed by atoms with Crippen molar-refractivity contribution in [1.82, 2.24) is 0 Å². The van der Waals surface area contributed by atoms with E-state index in [0.29, 0.717) is 0 Å². The molecule has 3 heteroatoms. The van der Waals surface area contributed by atoms with Crippen LogP contribution in [0.1, 0.15) is 13.3 Å². The second kappa shape index (κ2) is 3.18. The third kappa shape index (κ3) is 2.79. The van der Waals surface area contributed by atoms with Gasteiger partial charge in [0.25, 0.3) is 0 Å². The van der Waals surface area contributed by atoms with Crippen LogP contribution in [-0.4, -0.2) is 19.5 Å². The predicted molar refractivity (Wildman–Crippen MR) is 32.1 cm³/mol. The van der Waals surface area contributed by atoms with Crippen molar-refractivity contribution in [2.24, 2.45) is 5.73 Å². The van der Waals surface area contributed by atoms with Gasteiger partial charge in [0.2, 0.25) is 9.04 Å². The summed E-state index contributed by atoms with van der Waals surface area (Å²) in [5.74, 6) is 0. The molecule has 0 saturated carbocycles. The molecule has 1 atom stereocenters. The zero-order valence-corrected chi connectivity index (χ0v) is 5.81. The Morgan fingerprint density at radius 2 is 2.29 bits per heavy atom. The van der Waals surface area contributed by atoms with Crippen LogP contribution in [0.3, 0.4) is 0 Å². The first-order chi connectivity index (χ1) is 3.18. The SMILES string of the molecule is CCC(N)[Si](C)O. The molecule has 1 radical (unpaired) electrons. The van der Waals surface area contributed by atoms with E-state index in [4.69, 9.17) is 10.5 Å². The van der Waals surface area contributed by atoms with Crippen LogP contribution < -0.4 is 5.73 Å². The van der Waals surface area contributed by atoms with E-state index in [1.54, 1.807) is 6.55 Å². The van der Waals surface area contributed by atoms with Gasteiger partial charge in [-0.1, -0.05) is 6.92 Å². The Labute approximate surface area is 46.1 Å². The maximum Gasteiger partial charge on any atom is 0.221 e. The Morgan fingerprint density at radius 1 is 1.86 bits per heavy atom. The van der Waals surface area contributed by atoms with Gasteiger partial charge in [-0.2, -0.15) is 0 Å².